The van der Waals surface area contributed by atoms with Crippen LogP contribution in [0.3, 0.4) is 0 Å². The van der Waals surface area contributed by atoms with Gasteiger partial charge in [-0.1, -0.05) is 15.9 Å². The summed E-state index contributed by atoms with van der Waals surface area (Å²) in [5, 5.41) is 19.4. The monoisotopic (exact) mass is 466 g/mol. The Morgan fingerprint density at radius 1 is 1.16 bits per heavy atom. The third-order valence-electron chi connectivity index (χ3n) is 3.23. The van der Waals surface area contributed by atoms with Crippen LogP contribution in [0.2, 0.25) is 0 Å². The summed E-state index contributed by atoms with van der Waals surface area (Å²) in [6.07, 6.45) is 0. The molecule has 0 radical (unpaired) electrons. The maximum atomic E-state index is 12.3. The van der Waals surface area contributed by atoms with Crippen LogP contribution >= 0.6 is 31.9 Å². The Morgan fingerprint density at radius 3 is 2.56 bits per heavy atom. The molecule has 0 aliphatic carbocycles. The maximum absolute atomic E-state index is 12.3. The molecule has 0 saturated carbocycles. The van der Waals surface area contributed by atoms with Gasteiger partial charge in [-0.3, -0.25) is 0 Å². The lowest BCUT2D eigenvalue weighted by atomic mass is 10.1. The molecular formula is C15H12Br2N6O2. The van der Waals surface area contributed by atoms with Crippen molar-refractivity contribution >= 4 is 49.3 Å². The van der Waals surface area contributed by atoms with Crippen molar-refractivity contribution in [2.75, 3.05) is 17.7 Å². The number of aromatic nitrogens is 4. The fraction of sp³-hybridized carbons (Fsp3) is 0.0667. The lowest BCUT2D eigenvalue weighted by molar-refractivity contribution is 0.262. The van der Waals surface area contributed by atoms with Crippen LogP contribution in [0.1, 0.15) is 0 Å². The Kier molecular flexibility index (Phi) is 5.29. The number of hydrogen-bond donors (Lipinski definition) is 3. The number of amides is 2. The van der Waals surface area contributed by atoms with Crippen LogP contribution in [0.15, 0.2) is 45.3 Å². The van der Waals surface area contributed by atoms with Gasteiger partial charge < -0.3 is 15.4 Å². The Hall–Kier alpha value is -2.46. The van der Waals surface area contributed by atoms with E-state index in [9.17, 15) is 4.79 Å². The number of carbonyl (C=O) groups is 1. The number of nitrogens with zero attached hydrogens (tertiary/aromatic N) is 3. The molecule has 0 unspecified atom stereocenters. The summed E-state index contributed by atoms with van der Waals surface area (Å²) in [5.74, 6) is 1.07. The van der Waals surface area contributed by atoms with Crippen LogP contribution in [0.4, 0.5) is 16.2 Å². The van der Waals surface area contributed by atoms with Gasteiger partial charge in [0.15, 0.2) is 0 Å². The van der Waals surface area contributed by atoms with Crippen molar-refractivity contribution in [1.29, 1.82) is 0 Å². The predicted octanol–water partition coefficient (Wildman–Crippen LogP) is 4.04. The zero-order valence-corrected chi connectivity index (χ0v) is 16.1. The highest BCUT2D eigenvalue weighted by Gasteiger charge is 2.16. The topological polar surface area (TPSA) is 105 Å². The van der Waals surface area contributed by atoms with Crippen molar-refractivity contribution in [3.8, 4) is 17.1 Å². The number of rotatable bonds is 4. The second-order valence-corrected chi connectivity index (χ2v) is 6.62. The Bertz CT molecular complexity index is 884. The van der Waals surface area contributed by atoms with Gasteiger partial charge in [-0.15, -0.1) is 10.2 Å². The van der Waals surface area contributed by atoms with Crippen LogP contribution in [0.25, 0.3) is 11.4 Å². The number of anilines is 2. The van der Waals surface area contributed by atoms with Crippen molar-refractivity contribution < 1.29 is 9.53 Å². The Morgan fingerprint density at radius 2 is 1.92 bits per heavy atom. The van der Waals surface area contributed by atoms with Crippen LogP contribution < -0.4 is 15.4 Å². The molecule has 3 aromatic rings. The van der Waals surface area contributed by atoms with Crippen LogP contribution in [-0.2, 0) is 0 Å². The summed E-state index contributed by atoms with van der Waals surface area (Å²) in [6, 6.07) is 10.2. The highest BCUT2D eigenvalue weighted by molar-refractivity contribution is 9.11. The number of ether oxygens (including phenoxy) is 1. The first-order valence-corrected chi connectivity index (χ1v) is 8.60. The number of halogens is 2. The Labute approximate surface area is 159 Å². The number of carbonyl (C=O) groups excluding carboxylic acids is 1. The van der Waals surface area contributed by atoms with E-state index in [0.717, 1.165) is 4.47 Å². The van der Waals surface area contributed by atoms with Crippen LogP contribution in [-0.4, -0.2) is 33.8 Å². The standard InChI is InChI=1S/C15H12Br2N6O2/c1-25-10-4-2-9(3-5-10)18-15(24)19-13-11(14-20-22-23-21-14)6-8(16)7-12(13)17/h2-7H,1H3,(H2,18,19,24)(H,20,21,22,23). The number of H-pyrrole nitrogens is 1. The van der Waals surface area contributed by atoms with Crippen molar-refractivity contribution in [2.45, 2.75) is 0 Å². The molecule has 2 aromatic carbocycles. The van der Waals surface area contributed by atoms with Crippen molar-refractivity contribution in [2.24, 2.45) is 0 Å². The third kappa shape index (κ3) is 4.15. The minimum atomic E-state index is -0.405. The van der Waals surface area contributed by atoms with E-state index >= 15 is 0 Å². The van der Waals surface area contributed by atoms with Crippen LogP contribution in [0.5, 0.6) is 5.75 Å². The SMILES string of the molecule is COc1ccc(NC(=O)Nc2c(Br)cc(Br)cc2-c2nn[nH]n2)cc1. The summed E-state index contributed by atoms with van der Waals surface area (Å²) in [6.45, 7) is 0. The number of urea groups is 1. The molecule has 0 atom stereocenters. The van der Waals surface area contributed by atoms with Crippen molar-refractivity contribution in [3.63, 3.8) is 0 Å². The number of hydrogen-bond acceptors (Lipinski definition) is 5. The van der Waals surface area contributed by atoms with E-state index in [-0.39, 0.29) is 0 Å². The van der Waals surface area contributed by atoms with E-state index in [2.05, 4.69) is 63.1 Å². The van der Waals surface area contributed by atoms with Crippen molar-refractivity contribution in [1.82, 2.24) is 20.6 Å². The average molecular weight is 468 g/mol. The van der Waals surface area contributed by atoms with Gasteiger partial charge in [0, 0.05) is 20.2 Å². The average Bonchev–Trinajstić information content (AvgIpc) is 3.12. The molecule has 3 N–H and O–H groups in total. The van der Waals surface area contributed by atoms with Gasteiger partial charge in [0.2, 0.25) is 5.82 Å². The highest BCUT2D eigenvalue weighted by atomic mass is 79.9. The first-order chi connectivity index (χ1) is 12.1. The summed E-state index contributed by atoms with van der Waals surface area (Å²) in [4.78, 5) is 12.3. The summed E-state index contributed by atoms with van der Waals surface area (Å²) >= 11 is 6.85. The predicted molar refractivity (Wildman–Crippen MR) is 101 cm³/mol. The number of tetrazole rings is 1. The molecule has 0 fully saturated rings. The number of benzene rings is 2. The molecule has 1 heterocycles. The van der Waals surface area contributed by atoms with E-state index in [4.69, 9.17) is 4.74 Å². The van der Waals surface area contributed by atoms with Gasteiger partial charge in [-0.25, -0.2) is 4.79 Å². The molecule has 0 aliphatic rings. The molecule has 8 nitrogen and oxygen atoms in total. The molecule has 3 rings (SSSR count). The molecule has 0 saturated heterocycles. The molecule has 1 aromatic heterocycles. The molecule has 0 aliphatic heterocycles. The second-order valence-electron chi connectivity index (χ2n) is 4.85. The van der Waals surface area contributed by atoms with E-state index in [1.54, 1.807) is 37.4 Å². The minimum Gasteiger partial charge on any atom is -0.497 e. The quantitative estimate of drug-likeness (QED) is 0.536. The first kappa shape index (κ1) is 17.4. The molecule has 10 heteroatoms. The van der Waals surface area contributed by atoms with E-state index in [1.165, 1.54) is 0 Å². The second kappa shape index (κ2) is 7.62. The lowest BCUT2D eigenvalue weighted by Gasteiger charge is -2.13. The normalized spacial score (nSPS) is 10.4. The summed E-state index contributed by atoms with van der Waals surface area (Å²) in [5.41, 5.74) is 1.77. The fourth-order valence-electron chi connectivity index (χ4n) is 2.10. The molecule has 25 heavy (non-hydrogen) atoms. The minimum absolute atomic E-state index is 0.363. The maximum Gasteiger partial charge on any atom is 0.323 e. The zero-order valence-electron chi connectivity index (χ0n) is 12.9. The summed E-state index contributed by atoms with van der Waals surface area (Å²) in [7, 11) is 1.58. The van der Waals surface area contributed by atoms with E-state index < -0.39 is 6.03 Å². The number of nitrogens with one attached hydrogen (secondary N) is 3. The van der Waals surface area contributed by atoms with Gasteiger partial charge in [0.25, 0.3) is 0 Å². The lowest BCUT2D eigenvalue weighted by Crippen LogP contribution is -2.20. The van der Waals surface area contributed by atoms with Gasteiger partial charge >= 0.3 is 6.03 Å². The van der Waals surface area contributed by atoms with Gasteiger partial charge in [-0.2, -0.15) is 5.21 Å². The van der Waals surface area contributed by atoms with Gasteiger partial charge in [0.05, 0.1) is 12.8 Å². The first-order valence-electron chi connectivity index (χ1n) is 7.01. The number of methoxy groups -OCH3 is 1. The number of aromatic amines is 1. The Balaban J connectivity index is 1.83. The van der Waals surface area contributed by atoms with Gasteiger partial charge in [0.1, 0.15) is 5.75 Å². The molecular weight excluding hydrogens is 456 g/mol. The summed E-state index contributed by atoms with van der Waals surface area (Å²) < 4.78 is 6.57. The molecule has 0 bridgehead atoms. The van der Waals surface area contributed by atoms with Crippen molar-refractivity contribution in [3.05, 3.63) is 45.3 Å². The molecule has 0 spiro atoms. The largest absolute Gasteiger partial charge is 0.497 e. The highest BCUT2D eigenvalue weighted by Crippen LogP contribution is 2.35. The van der Waals surface area contributed by atoms with Gasteiger partial charge in [-0.05, 0) is 57.5 Å². The third-order valence-corrected chi connectivity index (χ3v) is 4.31. The zero-order chi connectivity index (χ0) is 17.8. The van der Waals surface area contributed by atoms with Crippen LogP contribution in [0, 0.1) is 0 Å². The fourth-order valence-corrected chi connectivity index (χ4v) is 3.43. The van der Waals surface area contributed by atoms with E-state index in [0.29, 0.717) is 33.0 Å². The molecule has 2 amide bonds. The van der Waals surface area contributed by atoms with E-state index in [1.807, 2.05) is 6.07 Å². The smallest absolute Gasteiger partial charge is 0.323 e. The molecule has 128 valence electrons.